The highest BCUT2D eigenvalue weighted by atomic mass is 16.5. The lowest BCUT2D eigenvalue weighted by Crippen LogP contribution is -2.19. The molecule has 0 bridgehead atoms. The Morgan fingerprint density at radius 2 is 1.50 bits per heavy atom. The zero-order valence-electron chi connectivity index (χ0n) is 15.9. The number of ether oxygens (including phenoxy) is 1. The van der Waals surface area contributed by atoms with Gasteiger partial charge in [0, 0.05) is 5.69 Å². The van der Waals surface area contributed by atoms with Crippen LogP contribution in [0.25, 0.3) is 0 Å². The Bertz CT molecular complexity index is 998. The van der Waals surface area contributed by atoms with Gasteiger partial charge in [-0.05, 0) is 55.8 Å². The third-order valence-corrected chi connectivity index (χ3v) is 4.13. The van der Waals surface area contributed by atoms with E-state index >= 15 is 0 Å². The Labute approximate surface area is 164 Å². The van der Waals surface area contributed by atoms with Crippen LogP contribution in [0.4, 0.5) is 11.4 Å². The minimum atomic E-state index is -0.333. The lowest BCUT2D eigenvalue weighted by atomic mass is 10.1. The van der Waals surface area contributed by atoms with Gasteiger partial charge in [0.05, 0.1) is 23.4 Å². The topological polar surface area (TPSA) is 67.4 Å². The van der Waals surface area contributed by atoms with E-state index in [0.29, 0.717) is 34.9 Å². The van der Waals surface area contributed by atoms with Crippen molar-refractivity contribution in [1.82, 2.24) is 0 Å². The molecule has 0 aliphatic rings. The van der Waals surface area contributed by atoms with Gasteiger partial charge in [-0.15, -0.1) is 0 Å². The maximum Gasteiger partial charge on any atom is 0.259 e. The van der Waals surface area contributed by atoms with Crippen molar-refractivity contribution in [2.24, 2.45) is 0 Å². The van der Waals surface area contributed by atoms with Crippen molar-refractivity contribution in [2.75, 3.05) is 17.2 Å². The van der Waals surface area contributed by atoms with Crippen molar-refractivity contribution in [3.8, 4) is 5.75 Å². The molecule has 0 aromatic heterocycles. The summed E-state index contributed by atoms with van der Waals surface area (Å²) in [5, 5.41) is 5.69. The van der Waals surface area contributed by atoms with Crippen molar-refractivity contribution in [2.45, 2.75) is 13.8 Å². The number of rotatable bonds is 6. The zero-order valence-corrected chi connectivity index (χ0v) is 15.9. The molecule has 0 unspecified atom stereocenters. The molecular formula is C23H22N2O3. The van der Waals surface area contributed by atoms with Gasteiger partial charge < -0.3 is 15.4 Å². The first-order valence-electron chi connectivity index (χ1n) is 9.08. The molecule has 5 nitrogen and oxygen atoms in total. The van der Waals surface area contributed by atoms with Gasteiger partial charge >= 0.3 is 0 Å². The van der Waals surface area contributed by atoms with E-state index in [2.05, 4.69) is 10.6 Å². The van der Waals surface area contributed by atoms with Crippen molar-refractivity contribution in [3.63, 3.8) is 0 Å². The predicted molar refractivity (Wildman–Crippen MR) is 111 cm³/mol. The van der Waals surface area contributed by atoms with Gasteiger partial charge in [-0.1, -0.05) is 36.4 Å². The molecule has 2 N–H and O–H groups in total. The number of anilines is 2. The van der Waals surface area contributed by atoms with Crippen LogP contribution in [0.5, 0.6) is 5.75 Å². The summed E-state index contributed by atoms with van der Waals surface area (Å²) < 4.78 is 5.52. The Morgan fingerprint density at radius 3 is 2.25 bits per heavy atom. The summed E-state index contributed by atoms with van der Waals surface area (Å²) in [7, 11) is 0. The molecule has 3 rings (SSSR count). The normalized spacial score (nSPS) is 10.2. The van der Waals surface area contributed by atoms with Gasteiger partial charge in [0.2, 0.25) is 0 Å². The van der Waals surface area contributed by atoms with Crippen LogP contribution in [0.3, 0.4) is 0 Å². The fraction of sp³-hybridized carbons (Fsp3) is 0.130. The summed E-state index contributed by atoms with van der Waals surface area (Å²) in [4.78, 5) is 25.5. The van der Waals surface area contributed by atoms with Crippen LogP contribution in [-0.4, -0.2) is 18.4 Å². The highest BCUT2D eigenvalue weighted by molar-refractivity contribution is 6.13. The van der Waals surface area contributed by atoms with Gasteiger partial charge in [0.15, 0.2) is 0 Å². The van der Waals surface area contributed by atoms with E-state index in [1.807, 2.05) is 44.2 Å². The number of hydrogen-bond donors (Lipinski definition) is 2. The fourth-order valence-corrected chi connectivity index (χ4v) is 2.84. The summed E-state index contributed by atoms with van der Waals surface area (Å²) >= 11 is 0. The summed E-state index contributed by atoms with van der Waals surface area (Å²) in [6.07, 6.45) is 0. The van der Waals surface area contributed by atoms with Crippen LogP contribution in [-0.2, 0) is 0 Å². The van der Waals surface area contributed by atoms with Crippen LogP contribution in [0, 0.1) is 6.92 Å². The number of para-hydroxylation sites is 2. The van der Waals surface area contributed by atoms with Gasteiger partial charge in [-0.3, -0.25) is 9.59 Å². The number of aryl methyl sites for hydroxylation is 1. The SMILES string of the molecule is CCOc1ccccc1C(=O)Nc1ccccc1C(=O)Nc1cccc(C)c1. The average molecular weight is 374 g/mol. The fourth-order valence-electron chi connectivity index (χ4n) is 2.84. The molecular weight excluding hydrogens is 352 g/mol. The lowest BCUT2D eigenvalue weighted by molar-refractivity contribution is 0.102. The third kappa shape index (κ3) is 4.57. The maximum atomic E-state index is 12.8. The van der Waals surface area contributed by atoms with Crippen LogP contribution < -0.4 is 15.4 Å². The molecule has 28 heavy (non-hydrogen) atoms. The van der Waals surface area contributed by atoms with Crippen molar-refractivity contribution in [3.05, 3.63) is 89.5 Å². The number of amides is 2. The van der Waals surface area contributed by atoms with Crippen LogP contribution in [0.2, 0.25) is 0 Å². The summed E-state index contributed by atoms with van der Waals surface area (Å²) in [5.41, 5.74) is 2.98. The molecule has 0 heterocycles. The first-order valence-corrected chi connectivity index (χ1v) is 9.08. The predicted octanol–water partition coefficient (Wildman–Crippen LogP) is 4.90. The molecule has 0 saturated carbocycles. The molecule has 0 aliphatic carbocycles. The van der Waals surface area contributed by atoms with E-state index in [1.54, 1.807) is 42.5 Å². The quantitative estimate of drug-likeness (QED) is 0.645. The van der Waals surface area contributed by atoms with E-state index in [-0.39, 0.29) is 11.8 Å². The Kier molecular flexibility index (Phi) is 6.07. The largest absolute Gasteiger partial charge is 0.493 e. The van der Waals surface area contributed by atoms with Gasteiger partial charge in [0.25, 0.3) is 11.8 Å². The van der Waals surface area contributed by atoms with Crippen LogP contribution in [0.1, 0.15) is 33.2 Å². The molecule has 2 amide bonds. The zero-order chi connectivity index (χ0) is 19.9. The molecule has 3 aromatic carbocycles. The van der Waals surface area contributed by atoms with Crippen LogP contribution >= 0.6 is 0 Å². The Hall–Kier alpha value is -3.60. The van der Waals surface area contributed by atoms with Crippen LogP contribution in [0.15, 0.2) is 72.8 Å². The molecule has 0 fully saturated rings. The Balaban J connectivity index is 1.82. The van der Waals surface area contributed by atoms with E-state index in [4.69, 9.17) is 4.74 Å². The monoisotopic (exact) mass is 374 g/mol. The molecule has 3 aromatic rings. The first kappa shape index (κ1) is 19.2. The number of benzene rings is 3. The number of carbonyl (C=O) groups excluding carboxylic acids is 2. The second-order valence-corrected chi connectivity index (χ2v) is 6.25. The molecule has 0 saturated heterocycles. The highest BCUT2D eigenvalue weighted by Gasteiger charge is 2.16. The molecule has 0 radical (unpaired) electrons. The van der Waals surface area contributed by atoms with Gasteiger partial charge in [-0.2, -0.15) is 0 Å². The second-order valence-electron chi connectivity index (χ2n) is 6.25. The van der Waals surface area contributed by atoms with E-state index in [0.717, 1.165) is 5.56 Å². The smallest absolute Gasteiger partial charge is 0.259 e. The number of nitrogens with one attached hydrogen (secondary N) is 2. The van der Waals surface area contributed by atoms with E-state index < -0.39 is 0 Å². The molecule has 0 spiro atoms. The number of hydrogen-bond acceptors (Lipinski definition) is 3. The lowest BCUT2D eigenvalue weighted by Gasteiger charge is -2.13. The van der Waals surface area contributed by atoms with Gasteiger partial charge in [0.1, 0.15) is 5.75 Å². The maximum absolute atomic E-state index is 12.8. The summed E-state index contributed by atoms with van der Waals surface area (Å²) in [6.45, 7) is 4.28. The molecule has 0 atom stereocenters. The van der Waals surface area contributed by atoms with E-state index in [1.165, 1.54) is 0 Å². The third-order valence-electron chi connectivity index (χ3n) is 4.13. The molecule has 0 aliphatic heterocycles. The second kappa shape index (κ2) is 8.86. The van der Waals surface area contributed by atoms with Crippen molar-refractivity contribution >= 4 is 23.2 Å². The van der Waals surface area contributed by atoms with Crippen molar-refractivity contribution in [1.29, 1.82) is 0 Å². The highest BCUT2D eigenvalue weighted by Crippen LogP contribution is 2.22. The average Bonchev–Trinajstić information content (AvgIpc) is 2.69. The summed E-state index contributed by atoms with van der Waals surface area (Å²) in [5.74, 6) is -0.122. The minimum absolute atomic E-state index is 0.292. The van der Waals surface area contributed by atoms with E-state index in [9.17, 15) is 9.59 Å². The van der Waals surface area contributed by atoms with Crippen molar-refractivity contribution < 1.29 is 14.3 Å². The standard InChI is InChI=1S/C23H22N2O3/c1-3-28-21-14-7-5-12-19(21)23(27)25-20-13-6-4-11-18(20)22(26)24-17-10-8-9-16(2)15-17/h4-15H,3H2,1-2H3,(H,24,26)(H,25,27). The first-order chi connectivity index (χ1) is 13.6. The summed E-state index contributed by atoms with van der Waals surface area (Å²) in [6, 6.07) is 21.5. The molecule has 142 valence electrons. The number of carbonyl (C=O) groups is 2. The Morgan fingerprint density at radius 1 is 0.821 bits per heavy atom. The van der Waals surface area contributed by atoms with Gasteiger partial charge in [-0.25, -0.2) is 0 Å². The molecule has 5 heteroatoms. The minimum Gasteiger partial charge on any atom is -0.493 e.